The molecule has 0 aliphatic carbocycles. The normalized spacial score (nSPS) is 14.7. The standard InChI is InChI=1S/C15H23N3O/c1-17(10-11-19-2)14-7-5-6-13(12-14)15(16)18-8-3-4-9-18/h5-7,12,16H,3-4,8-11H2,1-2H3. The summed E-state index contributed by atoms with van der Waals surface area (Å²) in [5.41, 5.74) is 2.14. The Labute approximate surface area is 115 Å². The number of nitrogens with zero attached hydrogens (tertiary/aromatic N) is 2. The third-order valence-corrected chi connectivity index (χ3v) is 3.61. The van der Waals surface area contributed by atoms with E-state index in [1.165, 1.54) is 12.8 Å². The topological polar surface area (TPSA) is 39.6 Å². The maximum absolute atomic E-state index is 8.29. The fourth-order valence-corrected chi connectivity index (χ4v) is 2.37. The number of hydrogen-bond acceptors (Lipinski definition) is 3. The Bertz CT molecular complexity index is 427. The summed E-state index contributed by atoms with van der Waals surface area (Å²) >= 11 is 0. The van der Waals surface area contributed by atoms with Gasteiger partial charge in [-0.1, -0.05) is 12.1 Å². The molecule has 0 unspecified atom stereocenters. The lowest BCUT2D eigenvalue weighted by molar-refractivity contribution is 0.206. The number of likely N-dealkylation sites (tertiary alicyclic amines) is 1. The molecular weight excluding hydrogens is 238 g/mol. The Kier molecular flexibility index (Phi) is 4.80. The summed E-state index contributed by atoms with van der Waals surface area (Å²) in [4.78, 5) is 4.32. The average molecular weight is 261 g/mol. The summed E-state index contributed by atoms with van der Waals surface area (Å²) in [6.45, 7) is 3.60. The van der Waals surface area contributed by atoms with Crippen molar-refractivity contribution in [3.05, 3.63) is 29.8 Å². The van der Waals surface area contributed by atoms with Crippen molar-refractivity contribution in [2.45, 2.75) is 12.8 Å². The molecule has 2 rings (SSSR count). The second kappa shape index (κ2) is 6.57. The Morgan fingerprint density at radius 2 is 2.11 bits per heavy atom. The number of anilines is 1. The van der Waals surface area contributed by atoms with E-state index in [1.807, 2.05) is 12.1 Å². The van der Waals surface area contributed by atoms with E-state index in [4.69, 9.17) is 10.1 Å². The molecule has 1 aromatic rings. The molecule has 104 valence electrons. The summed E-state index contributed by atoms with van der Waals surface area (Å²) in [5.74, 6) is 0.652. The van der Waals surface area contributed by atoms with Crippen molar-refractivity contribution in [3.8, 4) is 0 Å². The lowest BCUT2D eigenvalue weighted by atomic mass is 10.1. The molecule has 0 bridgehead atoms. The van der Waals surface area contributed by atoms with Crippen LogP contribution < -0.4 is 4.90 Å². The van der Waals surface area contributed by atoms with Gasteiger partial charge < -0.3 is 14.5 Å². The predicted molar refractivity (Wildman–Crippen MR) is 79.2 cm³/mol. The van der Waals surface area contributed by atoms with E-state index >= 15 is 0 Å². The summed E-state index contributed by atoms with van der Waals surface area (Å²) in [5, 5.41) is 8.29. The van der Waals surface area contributed by atoms with E-state index < -0.39 is 0 Å². The summed E-state index contributed by atoms with van der Waals surface area (Å²) in [6.07, 6.45) is 2.41. The van der Waals surface area contributed by atoms with Gasteiger partial charge in [0.05, 0.1) is 6.61 Å². The molecule has 4 nitrogen and oxygen atoms in total. The first kappa shape index (κ1) is 13.9. The van der Waals surface area contributed by atoms with Crippen LogP contribution in [-0.4, -0.2) is 51.1 Å². The number of nitrogens with one attached hydrogen (secondary N) is 1. The zero-order valence-corrected chi connectivity index (χ0v) is 11.9. The van der Waals surface area contributed by atoms with Crippen LogP contribution in [0.3, 0.4) is 0 Å². The number of amidine groups is 1. The molecule has 1 fully saturated rings. The zero-order valence-electron chi connectivity index (χ0n) is 11.9. The summed E-state index contributed by atoms with van der Waals surface area (Å²) < 4.78 is 5.10. The number of ether oxygens (including phenoxy) is 1. The minimum absolute atomic E-state index is 0.652. The predicted octanol–water partition coefficient (Wildman–Crippen LogP) is 2.19. The molecule has 0 aromatic heterocycles. The quantitative estimate of drug-likeness (QED) is 0.652. The van der Waals surface area contributed by atoms with E-state index in [2.05, 4.69) is 29.0 Å². The van der Waals surface area contributed by atoms with E-state index in [1.54, 1.807) is 7.11 Å². The summed E-state index contributed by atoms with van der Waals surface area (Å²) in [6, 6.07) is 8.22. The monoisotopic (exact) mass is 261 g/mol. The molecule has 0 saturated carbocycles. The number of likely N-dealkylation sites (N-methyl/N-ethyl adjacent to an activating group) is 1. The molecule has 1 heterocycles. The van der Waals surface area contributed by atoms with Gasteiger partial charge in [0.2, 0.25) is 0 Å². The maximum atomic E-state index is 8.29. The van der Waals surface area contributed by atoms with Crippen LogP contribution in [0.5, 0.6) is 0 Å². The van der Waals surface area contributed by atoms with E-state index in [-0.39, 0.29) is 0 Å². The van der Waals surface area contributed by atoms with Gasteiger partial charge in [-0.3, -0.25) is 5.41 Å². The van der Waals surface area contributed by atoms with E-state index in [0.717, 1.165) is 30.9 Å². The molecule has 0 spiro atoms. The van der Waals surface area contributed by atoms with Crippen LogP contribution in [0.25, 0.3) is 0 Å². The molecule has 1 aromatic carbocycles. The van der Waals surface area contributed by atoms with Crippen LogP contribution in [0, 0.1) is 5.41 Å². The lowest BCUT2D eigenvalue weighted by Crippen LogP contribution is -2.28. The number of hydrogen-bond donors (Lipinski definition) is 1. The highest BCUT2D eigenvalue weighted by atomic mass is 16.5. The highest BCUT2D eigenvalue weighted by Gasteiger charge is 2.16. The highest BCUT2D eigenvalue weighted by Crippen LogP contribution is 2.18. The maximum Gasteiger partial charge on any atom is 0.128 e. The minimum atomic E-state index is 0.652. The fourth-order valence-electron chi connectivity index (χ4n) is 2.37. The number of methoxy groups -OCH3 is 1. The Balaban J connectivity index is 2.07. The molecule has 1 aliphatic heterocycles. The first-order chi connectivity index (χ1) is 9.22. The fraction of sp³-hybridized carbons (Fsp3) is 0.533. The van der Waals surface area contributed by atoms with Gasteiger partial charge in [-0.25, -0.2) is 0 Å². The third kappa shape index (κ3) is 3.47. The van der Waals surface area contributed by atoms with Crippen molar-refractivity contribution < 1.29 is 4.74 Å². The van der Waals surface area contributed by atoms with E-state index in [9.17, 15) is 0 Å². The zero-order chi connectivity index (χ0) is 13.7. The largest absolute Gasteiger partial charge is 0.383 e. The minimum Gasteiger partial charge on any atom is -0.383 e. The first-order valence-corrected chi connectivity index (χ1v) is 6.86. The Morgan fingerprint density at radius 3 is 2.79 bits per heavy atom. The van der Waals surface area contributed by atoms with Crippen LogP contribution in [0.4, 0.5) is 5.69 Å². The molecule has 1 N–H and O–H groups in total. The SMILES string of the molecule is COCCN(C)c1cccc(C(=N)N2CCCC2)c1. The third-order valence-electron chi connectivity index (χ3n) is 3.61. The average Bonchev–Trinajstić information content (AvgIpc) is 2.98. The van der Waals surface area contributed by atoms with Gasteiger partial charge in [-0.05, 0) is 25.0 Å². The van der Waals surface area contributed by atoms with Crippen molar-refractivity contribution in [3.63, 3.8) is 0 Å². The first-order valence-electron chi connectivity index (χ1n) is 6.86. The number of benzene rings is 1. The van der Waals surface area contributed by atoms with Gasteiger partial charge in [-0.2, -0.15) is 0 Å². The molecule has 0 atom stereocenters. The molecule has 1 aliphatic rings. The van der Waals surface area contributed by atoms with Crippen molar-refractivity contribution in [1.29, 1.82) is 5.41 Å². The van der Waals surface area contributed by atoms with Crippen LogP contribution in [0.2, 0.25) is 0 Å². The molecule has 0 amide bonds. The van der Waals surface area contributed by atoms with Gasteiger partial charge in [0.15, 0.2) is 0 Å². The van der Waals surface area contributed by atoms with Gasteiger partial charge in [0.25, 0.3) is 0 Å². The van der Waals surface area contributed by atoms with Crippen molar-refractivity contribution in [2.75, 3.05) is 45.3 Å². The van der Waals surface area contributed by atoms with Crippen molar-refractivity contribution >= 4 is 11.5 Å². The smallest absolute Gasteiger partial charge is 0.128 e. The van der Waals surface area contributed by atoms with Crippen LogP contribution >= 0.6 is 0 Å². The molecule has 19 heavy (non-hydrogen) atoms. The van der Waals surface area contributed by atoms with Crippen LogP contribution in [-0.2, 0) is 4.74 Å². The van der Waals surface area contributed by atoms with Crippen LogP contribution in [0.15, 0.2) is 24.3 Å². The van der Waals surface area contributed by atoms with E-state index in [0.29, 0.717) is 12.4 Å². The highest BCUT2D eigenvalue weighted by molar-refractivity contribution is 5.97. The van der Waals surface area contributed by atoms with Crippen molar-refractivity contribution in [2.24, 2.45) is 0 Å². The second-order valence-electron chi connectivity index (χ2n) is 5.01. The molecule has 1 saturated heterocycles. The molecular formula is C15H23N3O. The molecule has 4 heteroatoms. The second-order valence-corrected chi connectivity index (χ2v) is 5.01. The Morgan fingerprint density at radius 1 is 1.37 bits per heavy atom. The van der Waals surface area contributed by atoms with Crippen molar-refractivity contribution in [1.82, 2.24) is 4.90 Å². The lowest BCUT2D eigenvalue weighted by Gasteiger charge is -2.22. The van der Waals surface area contributed by atoms with Gasteiger partial charge in [0, 0.05) is 45.0 Å². The summed E-state index contributed by atoms with van der Waals surface area (Å²) in [7, 11) is 3.77. The molecule has 0 radical (unpaired) electrons. The Hall–Kier alpha value is -1.55. The van der Waals surface area contributed by atoms with Gasteiger partial charge in [-0.15, -0.1) is 0 Å². The van der Waals surface area contributed by atoms with Crippen LogP contribution in [0.1, 0.15) is 18.4 Å². The van der Waals surface area contributed by atoms with Gasteiger partial charge in [0.1, 0.15) is 5.84 Å². The number of rotatable bonds is 5. The van der Waals surface area contributed by atoms with Gasteiger partial charge >= 0.3 is 0 Å².